The Labute approximate surface area is 184 Å². The van der Waals surface area contributed by atoms with E-state index in [2.05, 4.69) is 11.3 Å². The summed E-state index contributed by atoms with van der Waals surface area (Å²) in [6.07, 6.45) is 3.38. The summed E-state index contributed by atoms with van der Waals surface area (Å²) in [5.74, 6) is -1.82. The molecule has 0 amide bonds. The van der Waals surface area contributed by atoms with Crippen LogP contribution in [0, 0.1) is 23.2 Å². The first kappa shape index (κ1) is 24.6. The van der Waals surface area contributed by atoms with Gasteiger partial charge < -0.3 is 14.2 Å². The van der Waals surface area contributed by atoms with Crippen molar-refractivity contribution in [3.8, 4) is 0 Å². The third kappa shape index (κ3) is 5.11. The van der Waals surface area contributed by atoms with Crippen LogP contribution < -0.4 is 0 Å². The van der Waals surface area contributed by atoms with Crippen molar-refractivity contribution in [3.63, 3.8) is 0 Å². The normalized spacial score (nSPS) is 29.8. The van der Waals surface area contributed by atoms with E-state index in [0.717, 1.165) is 19.3 Å². The third-order valence-electron chi connectivity index (χ3n) is 6.46. The van der Waals surface area contributed by atoms with Gasteiger partial charge in [0.25, 0.3) is 0 Å². The molecule has 4 aliphatic carbocycles. The lowest BCUT2D eigenvalue weighted by Gasteiger charge is -2.55. The fourth-order valence-corrected chi connectivity index (χ4v) is 5.58. The first-order chi connectivity index (χ1) is 14.7. The number of halogens is 2. The molecule has 180 valence electrons. The molecule has 1 unspecified atom stereocenters. The van der Waals surface area contributed by atoms with E-state index in [1.807, 2.05) is 0 Å². The standard InChI is InChI=1S/C20H26F2O9S/c1-11(2)16(23)31-15(17(24)30-10-20(21,22)32(26,27)28)9-29-18(25)19-6-12-3-13(7-19)5-14(4-12)8-19/h12-15H,1,3-10H2,2H3,(H,26,27,28). The summed E-state index contributed by atoms with van der Waals surface area (Å²) in [4.78, 5) is 37.0. The van der Waals surface area contributed by atoms with E-state index in [1.54, 1.807) is 0 Å². The second kappa shape index (κ2) is 8.69. The molecule has 0 saturated heterocycles. The Hall–Kier alpha value is -2.08. The molecule has 0 aromatic carbocycles. The van der Waals surface area contributed by atoms with Gasteiger partial charge in [0.15, 0.2) is 6.61 Å². The number of carbonyl (C=O) groups excluding carboxylic acids is 3. The molecule has 1 atom stereocenters. The third-order valence-corrected chi connectivity index (χ3v) is 7.33. The molecule has 12 heteroatoms. The van der Waals surface area contributed by atoms with Gasteiger partial charge in [-0.15, -0.1) is 0 Å². The van der Waals surface area contributed by atoms with Crippen LogP contribution >= 0.6 is 0 Å². The summed E-state index contributed by atoms with van der Waals surface area (Å²) in [6.45, 7) is 1.83. The van der Waals surface area contributed by atoms with E-state index >= 15 is 0 Å². The van der Waals surface area contributed by atoms with Gasteiger partial charge in [-0.3, -0.25) is 9.35 Å². The zero-order chi connectivity index (χ0) is 23.9. The number of alkyl halides is 2. The molecular formula is C20H26F2O9S. The highest BCUT2D eigenvalue weighted by Gasteiger charge is 2.55. The average Bonchev–Trinajstić information content (AvgIpc) is 2.66. The van der Waals surface area contributed by atoms with E-state index in [4.69, 9.17) is 14.0 Å². The lowest BCUT2D eigenvalue weighted by Crippen LogP contribution is -2.51. The highest BCUT2D eigenvalue weighted by molar-refractivity contribution is 7.86. The SMILES string of the molecule is C=C(C)C(=O)OC(COC(=O)C12CC3CC(CC(C3)C1)C2)C(=O)OCC(F)(F)S(=O)(=O)O. The molecule has 4 bridgehead atoms. The summed E-state index contributed by atoms with van der Waals surface area (Å²) in [7, 11) is -5.83. The Kier molecular flexibility index (Phi) is 6.67. The molecular weight excluding hydrogens is 454 g/mol. The van der Waals surface area contributed by atoms with E-state index in [0.29, 0.717) is 37.0 Å². The van der Waals surface area contributed by atoms with Crippen molar-refractivity contribution in [2.75, 3.05) is 13.2 Å². The van der Waals surface area contributed by atoms with E-state index in [9.17, 15) is 31.6 Å². The largest absolute Gasteiger partial charge is 0.461 e. The summed E-state index contributed by atoms with van der Waals surface area (Å²) in [6, 6.07) is 0. The van der Waals surface area contributed by atoms with Crippen molar-refractivity contribution in [2.45, 2.75) is 56.8 Å². The zero-order valence-corrected chi connectivity index (χ0v) is 18.4. The summed E-state index contributed by atoms with van der Waals surface area (Å²) >= 11 is 0. The van der Waals surface area contributed by atoms with Gasteiger partial charge in [0, 0.05) is 5.57 Å². The fraction of sp³-hybridized carbons (Fsp3) is 0.750. The van der Waals surface area contributed by atoms with Crippen LogP contribution in [0.4, 0.5) is 8.78 Å². The van der Waals surface area contributed by atoms with E-state index in [1.165, 1.54) is 6.92 Å². The van der Waals surface area contributed by atoms with Crippen LogP contribution in [0.15, 0.2) is 12.2 Å². The number of hydrogen-bond acceptors (Lipinski definition) is 8. The molecule has 1 N–H and O–H groups in total. The maximum atomic E-state index is 13.4. The monoisotopic (exact) mass is 480 g/mol. The van der Waals surface area contributed by atoms with Crippen molar-refractivity contribution in [1.29, 1.82) is 0 Å². The average molecular weight is 480 g/mol. The van der Waals surface area contributed by atoms with Crippen molar-refractivity contribution in [1.82, 2.24) is 0 Å². The Morgan fingerprint density at radius 2 is 1.59 bits per heavy atom. The lowest BCUT2D eigenvalue weighted by atomic mass is 9.49. The molecule has 0 radical (unpaired) electrons. The van der Waals surface area contributed by atoms with Crippen molar-refractivity contribution in [3.05, 3.63) is 12.2 Å². The number of carbonyl (C=O) groups is 3. The van der Waals surface area contributed by atoms with Crippen LogP contribution in [-0.2, 0) is 38.7 Å². The van der Waals surface area contributed by atoms with Gasteiger partial charge in [-0.1, -0.05) is 6.58 Å². The van der Waals surface area contributed by atoms with Crippen LogP contribution in [0.5, 0.6) is 0 Å². The minimum absolute atomic E-state index is 0.113. The van der Waals surface area contributed by atoms with Crippen LogP contribution in [-0.4, -0.2) is 55.5 Å². The lowest BCUT2D eigenvalue weighted by molar-refractivity contribution is -0.184. The number of rotatable bonds is 9. The summed E-state index contributed by atoms with van der Waals surface area (Å²) < 4.78 is 70.9. The minimum atomic E-state index is -5.83. The first-order valence-electron chi connectivity index (χ1n) is 10.3. The molecule has 0 heterocycles. The molecule has 0 aromatic heterocycles. The Morgan fingerprint density at radius 1 is 1.09 bits per heavy atom. The first-order valence-corrected chi connectivity index (χ1v) is 11.7. The van der Waals surface area contributed by atoms with E-state index in [-0.39, 0.29) is 5.57 Å². The number of esters is 3. The minimum Gasteiger partial charge on any atom is -0.461 e. The molecule has 4 saturated carbocycles. The van der Waals surface area contributed by atoms with Crippen molar-refractivity contribution >= 4 is 28.0 Å². The van der Waals surface area contributed by atoms with Crippen molar-refractivity contribution < 1.29 is 50.3 Å². The van der Waals surface area contributed by atoms with E-state index < -0.39 is 58.0 Å². The van der Waals surface area contributed by atoms with Crippen LogP contribution in [0.2, 0.25) is 0 Å². The molecule has 9 nitrogen and oxygen atoms in total. The van der Waals surface area contributed by atoms with Gasteiger partial charge in [-0.2, -0.15) is 17.2 Å². The van der Waals surface area contributed by atoms with Gasteiger partial charge in [0.2, 0.25) is 6.10 Å². The highest BCUT2D eigenvalue weighted by atomic mass is 32.2. The molecule has 32 heavy (non-hydrogen) atoms. The zero-order valence-electron chi connectivity index (χ0n) is 17.6. The van der Waals surface area contributed by atoms with Crippen LogP contribution in [0.25, 0.3) is 0 Å². The summed E-state index contributed by atoms with van der Waals surface area (Å²) in [5, 5.41) is -4.76. The van der Waals surface area contributed by atoms with Gasteiger partial charge >= 0.3 is 33.3 Å². The quantitative estimate of drug-likeness (QED) is 0.228. The van der Waals surface area contributed by atoms with Crippen molar-refractivity contribution in [2.24, 2.45) is 23.2 Å². The molecule has 0 aliphatic heterocycles. The van der Waals surface area contributed by atoms with Gasteiger partial charge in [-0.25, -0.2) is 9.59 Å². The Balaban J connectivity index is 1.65. The molecule has 0 aromatic rings. The Morgan fingerprint density at radius 3 is 2.03 bits per heavy atom. The smallest absolute Gasteiger partial charge is 0.402 e. The van der Waals surface area contributed by atoms with Gasteiger partial charge in [0.1, 0.15) is 6.61 Å². The van der Waals surface area contributed by atoms with Gasteiger partial charge in [-0.05, 0) is 63.2 Å². The molecule has 4 fully saturated rings. The number of hydrogen-bond donors (Lipinski definition) is 1. The molecule has 0 spiro atoms. The van der Waals surface area contributed by atoms with Crippen LogP contribution in [0.1, 0.15) is 45.4 Å². The fourth-order valence-electron chi connectivity index (χ4n) is 5.37. The summed E-state index contributed by atoms with van der Waals surface area (Å²) in [5.41, 5.74) is -0.780. The maximum Gasteiger partial charge on any atom is 0.402 e. The predicted molar refractivity (Wildman–Crippen MR) is 104 cm³/mol. The predicted octanol–water partition coefficient (Wildman–Crippen LogP) is 2.26. The Bertz CT molecular complexity index is 877. The maximum absolute atomic E-state index is 13.4. The number of ether oxygens (including phenoxy) is 3. The van der Waals surface area contributed by atoms with Gasteiger partial charge in [0.05, 0.1) is 5.41 Å². The molecule has 4 aliphatic rings. The topological polar surface area (TPSA) is 133 Å². The second-order valence-corrected chi connectivity index (χ2v) is 10.7. The van der Waals surface area contributed by atoms with Crippen LogP contribution in [0.3, 0.4) is 0 Å². The second-order valence-electron chi connectivity index (χ2n) is 9.19. The molecule has 4 rings (SSSR count). The highest BCUT2D eigenvalue weighted by Crippen LogP contribution is 2.60.